The van der Waals surface area contributed by atoms with Crippen molar-refractivity contribution in [1.29, 1.82) is 0 Å². The first-order valence-corrected chi connectivity index (χ1v) is 12.3. The molecule has 1 aliphatic heterocycles. The van der Waals surface area contributed by atoms with Crippen molar-refractivity contribution in [3.05, 3.63) is 51.1 Å². The lowest BCUT2D eigenvalue weighted by Crippen LogP contribution is -2.34. The Bertz CT molecular complexity index is 1160. The molecular formula is C25H34N6O2. The van der Waals surface area contributed by atoms with Gasteiger partial charge in [-0.05, 0) is 84.7 Å². The lowest BCUT2D eigenvalue weighted by atomic mass is 9.95. The highest BCUT2D eigenvalue weighted by molar-refractivity contribution is 5.80. The summed E-state index contributed by atoms with van der Waals surface area (Å²) in [6.45, 7) is 6.90. The average Bonchev–Trinajstić information content (AvgIpc) is 3.48. The maximum Gasteiger partial charge on any atom is 0.252 e. The molecule has 5 rings (SSSR count). The molecule has 0 radical (unpaired) electrons. The topological polar surface area (TPSA) is 88.9 Å². The van der Waals surface area contributed by atoms with Crippen LogP contribution >= 0.6 is 0 Å². The van der Waals surface area contributed by atoms with E-state index in [0.717, 1.165) is 61.1 Å². The second kappa shape index (κ2) is 9.73. The molecule has 8 nitrogen and oxygen atoms in total. The number of aryl methyl sites for hydroxylation is 2. The number of pyridine rings is 1. The second-order valence-corrected chi connectivity index (χ2v) is 9.78. The Labute approximate surface area is 194 Å². The summed E-state index contributed by atoms with van der Waals surface area (Å²) in [4.78, 5) is 18.3. The van der Waals surface area contributed by atoms with Gasteiger partial charge in [0.1, 0.15) is 0 Å². The Hall–Kier alpha value is -2.58. The van der Waals surface area contributed by atoms with Gasteiger partial charge in [-0.2, -0.15) is 0 Å². The van der Waals surface area contributed by atoms with Crippen molar-refractivity contribution in [2.75, 3.05) is 13.2 Å². The van der Waals surface area contributed by atoms with E-state index in [9.17, 15) is 4.79 Å². The third kappa shape index (κ3) is 5.01. The Kier molecular flexibility index (Phi) is 6.55. The minimum Gasteiger partial charge on any atom is -0.377 e. The molecule has 33 heavy (non-hydrogen) atoms. The number of hydrogen-bond acceptors (Lipinski definition) is 6. The van der Waals surface area contributed by atoms with Crippen LogP contribution in [0.15, 0.2) is 23.0 Å². The van der Waals surface area contributed by atoms with E-state index in [-0.39, 0.29) is 11.7 Å². The number of aromatic amines is 1. The summed E-state index contributed by atoms with van der Waals surface area (Å²) in [7, 11) is 0. The van der Waals surface area contributed by atoms with Crippen molar-refractivity contribution in [3.8, 4) is 0 Å². The molecule has 2 aliphatic rings. The summed E-state index contributed by atoms with van der Waals surface area (Å²) in [6.07, 6.45) is 8.35. The highest BCUT2D eigenvalue weighted by Crippen LogP contribution is 2.28. The first kappa shape index (κ1) is 22.2. The molecule has 1 N–H and O–H groups in total. The van der Waals surface area contributed by atoms with Crippen LogP contribution in [0.25, 0.3) is 10.9 Å². The second-order valence-electron chi connectivity index (χ2n) is 9.78. The molecule has 0 spiro atoms. The molecule has 0 amide bonds. The molecule has 1 saturated carbocycles. The molecule has 2 fully saturated rings. The standard InChI is InChI=1S/C25H34N6O2/c1-17-11-19-13-20(25(32)26-23(19)12-18(17)2)14-30(15-22-9-6-10-33-22)16-24-27-28-29-31(24)21-7-4-3-5-8-21/h11-13,21-22H,3-10,14-16H2,1-2H3,(H,26,32)/t22-/m1/s1. The zero-order valence-electron chi connectivity index (χ0n) is 19.7. The molecule has 1 aliphatic carbocycles. The number of fused-ring (bicyclic) bond motifs is 1. The van der Waals surface area contributed by atoms with E-state index in [1.807, 2.05) is 10.7 Å². The van der Waals surface area contributed by atoms with E-state index < -0.39 is 0 Å². The van der Waals surface area contributed by atoms with E-state index in [4.69, 9.17) is 4.74 Å². The highest BCUT2D eigenvalue weighted by atomic mass is 16.5. The Balaban J connectivity index is 1.41. The lowest BCUT2D eigenvalue weighted by Gasteiger charge is -2.27. The van der Waals surface area contributed by atoms with Crippen LogP contribution < -0.4 is 5.56 Å². The molecule has 0 bridgehead atoms. The molecule has 3 aromatic rings. The number of H-pyrrole nitrogens is 1. The van der Waals surface area contributed by atoms with E-state index in [1.54, 1.807) is 0 Å². The van der Waals surface area contributed by atoms with Crippen LogP contribution in [-0.4, -0.2) is 49.3 Å². The van der Waals surface area contributed by atoms with Gasteiger partial charge in [-0.1, -0.05) is 19.3 Å². The highest BCUT2D eigenvalue weighted by Gasteiger charge is 2.25. The summed E-state index contributed by atoms with van der Waals surface area (Å²) in [6, 6.07) is 6.62. The fraction of sp³-hybridized carbons (Fsp3) is 0.600. The summed E-state index contributed by atoms with van der Waals surface area (Å²) in [5, 5.41) is 13.8. The molecular weight excluding hydrogens is 416 g/mol. The first-order valence-electron chi connectivity index (χ1n) is 12.3. The number of benzene rings is 1. The lowest BCUT2D eigenvalue weighted by molar-refractivity contribution is 0.0659. The van der Waals surface area contributed by atoms with Crippen LogP contribution in [0, 0.1) is 13.8 Å². The maximum atomic E-state index is 13.0. The summed E-state index contributed by atoms with van der Waals surface area (Å²) in [5.74, 6) is 0.878. The van der Waals surface area contributed by atoms with Crippen molar-refractivity contribution in [2.24, 2.45) is 0 Å². The van der Waals surface area contributed by atoms with Gasteiger partial charge in [-0.25, -0.2) is 4.68 Å². The number of hydrogen-bond donors (Lipinski definition) is 1. The van der Waals surface area contributed by atoms with Gasteiger partial charge in [0, 0.05) is 30.8 Å². The third-order valence-corrected chi connectivity index (χ3v) is 7.26. The van der Waals surface area contributed by atoms with E-state index >= 15 is 0 Å². The number of nitrogens with one attached hydrogen (secondary N) is 1. The van der Waals surface area contributed by atoms with Gasteiger partial charge < -0.3 is 9.72 Å². The number of nitrogens with zero attached hydrogens (tertiary/aromatic N) is 5. The molecule has 3 heterocycles. The zero-order valence-corrected chi connectivity index (χ0v) is 19.7. The van der Waals surface area contributed by atoms with Crippen LogP contribution in [0.4, 0.5) is 0 Å². The largest absolute Gasteiger partial charge is 0.377 e. The molecule has 1 aromatic carbocycles. The Morgan fingerprint density at radius 1 is 1.06 bits per heavy atom. The quantitative estimate of drug-likeness (QED) is 0.589. The normalized spacial score (nSPS) is 19.7. The van der Waals surface area contributed by atoms with Crippen LogP contribution in [0.1, 0.15) is 73.5 Å². The fourth-order valence-electron chi connectivity index (χ4n) is 5.27. The van der Waals surface area contributed by atoms with E-state index in [2.05, 4.69) is 51.4 Å². The van der Waals surface area contributed by atoms with Gasteiger partial charge >= 0.3 is 0 Å². The minimum atomic E-state index is -0.0324. The maximum absolute atomic E-state index is 13.0. The predicted molar refractivity (Wildman–Crippen MR) is 127 cm³/mol. The van der Waals surface area contributed by atoms with Crippen molar-refractivity contribution in [2.45, 2.75) is 84.0 Å². The summed E-state index contributed by atoms with van der Waals surface area (Å²) >= 11 is 0. The Morgan fingerprint density at radius 2 is 1.88 bits per heavy atom. The monoisotopic (exact) mass is 450 g/mol. The average molecular weight is 451 g/mol. The molecule has 8 heteroatoms. The first-order chi connectivity index (χ1) is 16.1. The summed E-state index contributed by atoms with van der Waals surface area (Å²) in [5.41, 5.74) is 4.03. The van der Waals surface area contributed by atoms with Gasteiger partial charge in [-0.15, -0.1) is 5.10 Å². The molecule has 1 saturated heterocycles. The van der Waals surface area contributed by atoms with Gasteiger partial charge in [-0.3, -0.25) is 9.69 Å². The van der Waals surface area contributed by atoms with Crippen molar-refractivity contribution >= 4 is 10.9 Å². The van der Waals surface area contributed by atoms with Crippen LogP contribution in [0.3, 0.4) is 0 Å². The van der Waals surface area contributed by atoms with Gasteiger partial charge in [0.25, 0.3) is 5.56 Å². The van der Waals surface area contributed by atoms with Crippen molar-refractivity contribution < 1.29 is 4.74 Å². The number of rotatable bonds is 7. The van der Waals surface area contributed by atoms with E-state index in [0.29, 0.717) is 19.1 Å². The minimum absolute atomic E-state index is 0.0324. The third-order valence-electron chi connectivity index (χ3n) is 7.26. The molecule has 1 atom stereocenters. The summed E-state index contributed by atoms with van der Waals surface area (Å²) < 4.78 is 7.96. The molecule has 0 unspecified atom stereocenters. The molecule has 176 valence electrons. The van der Waals surface area contributed by atoms with Gasteiger partial charge in [0.05, 0.1) is 18.7 Å². The van der Waals surface area contributed by atoms with Crippen molar-refractivity contribution in [1.82, 2.24) is 30.1 Å². The zero-order chi connectivity index (χ0) is 22.8. The van der Waals surface area contributed by atoms with E-state index in [1.165, 1.54) is 30.4 Å². The van der Waals surface area contributed by atoms with Crippen LogP contribution in [0.5, 0.6) is 0 Å². The van der Waals surface area contributed by atoms with Gasteiger partial charge in [0.15, 0.2) is 5.82 Å². The van der Waals surface area contributed by atoms with Crippen LogP contribution in [-0.2, 0) is 17.8 Å². The number of tetrazole rings is 1. The smallest absolute Gasteiger partial charge is 0.252 e. The van der Waals surface area contributed by atoms with Crippen molar-refractivity contribution in [3.63, 3.8) is 0 Å². The van der Waals surface area contributed by atoms with Gasteiger partial charge in [0.2, 0.25) is 0 Å². The van der Waals surface area contributed by atoms with Crippen LogP contribution in [0.2, 0.25) is 0 Å². The predicted octanol–water partition coefficient (Wildman–Crippen LogP) is 3.82. The number of ether oxygens (including phenoxy) is 1. The SMILES string of the molecule is Cc1cc2cc(CN(Cc3nnnn3C3CCCCC3)C[C@H]3CCCO3)c(=O)[nH]c2cc1C. The molecule has 2 aromatic heterocycles. The number of aromatic nitrogens is 5. The fourth-order valence-corrected chi connectivity index (χ4v) is 5.27. The Morgan fingerprint density at radius 3 is 2.67 bits per heavy atom.